The van der Waals surface area contributed by atoms with E-state index in [1.165, 1.54) is 5.56 Å². The second-order valence-electron chi connectivity index (χ2n) is 9.17. The van der Waals surface area contributed by atoms with E-state index in [2.05, 4.69) is 41.5 Å². The molecule has 0 aliphatic carbocycles. The highest BCUT2D eigenvalue weighted by molar-refractivity contribution is 5.90. The molecule has 4 nitrogen and oxygen atoms in total. The second kappa shape index (κ2) is 8.59. The van der Waals surface area contributed by atoms with Crippen molar-refractivity contribution in [2.75, 3.05) is 0 Å². The van der Waals surface area contributed by atoms with E-state index in [1.54, 1.807) is 12.1 Å². The van der Waals surface area contributed by atoms with E-state index in [9.17, 15) is 9.59 Å². The van der Waals surface area contributed by atoms with Crippen LogP contribution in [0, 0.1) is 13.8 Å². The molecule has 0 amide bonds. The fourth-order valence-corrected chi connectivity index (χ4v) is 2.69. The van der Waals surface area contributed by atoms with Crippen LogP contribution in [0.3, 0.4) is 0 Å². The zero-order valence-electron chi connectivity index (χ0n) is 18.2. The molecular formula is C24H32O4. The first kappa shape index (κ1) is 23.4. The fourth-order valence-electron chi connectivity index (χ4n) is 2.69. The van der Waals surface area contributed by atoms with Gasteiger partial charge in [0.25, 0.3) is 0 Å². The third kappa shape index (κ3) is 6.22. The van der Waals surface area contributed by atoms with Gasteiger partial charge < -0.3 is 10.2 Å². The van der Waals surface area contributed by atoms with Crippen LogP contribution in [0.2, 0.25) is 0 Å². The number of hydrogen-bond acceptors (Lipinski definition) is 2. The Morgan fingerprint density at radius 2 is 1.07 bits per heavy atom. The minimum atomic E-state index is -0.858. The molecule has 4 heteroatoms. The Labute approximate surface area is 168 Å². The highest BCUT2D eigenvalue weighted by atomic mass is 16.4. The molecule has 0 unspecified atom stereocenters. The lowest BCUT2D eigenvalue weighted by molar-refractivity contribution is 0.0685. The highest BCUT2D eigenvalue weighted by Gasteiger charge is 2.17. The van der Waals surface area contributed by atoms with Crippen LogP contribution in [0.4, 0.5) is 0 Å². The lowest BCUT2D eigenvalue weighted by atomic mass is 9.85. The maximum Gasteiger partial charge on any atom is 0.335 e. The van der Waals surface area contributed by atoms with Crippen molar-refractivity contribution in [1.82, 2.24) is 0 Å². The van der Waals surface area contributed by atoms with Gasteiger partial charge >= 0.3 is 11.9 Å². The molecule has 0 fully saturated rings. The predicted molar refractivity (Wildman–Crippen MR) is 114 cm³/mol. The Bertz CT molecular complexity index is 865. The average Bonchev–Trinajstić information content (AvgIpc) is 2.53. The summed E-state index contributed by atoms with van der Waals surface area (Å²) in [5, 5.41) is 17.8. The zero-order chi connectivity index (χ0) is 21.9. The number of aromatic carboxylic acids is 2. The molecule has 0 aliphatic rings. The van der Waals surface area contributed by atoms with Crippen LogP contribution in [-0.4, -0.2) is 22.2 Å². The molecule has 0 radical (unpaired) electrons. The van der Waals surface area contributed by atoms with Gasteiger partial charge in [0.2, 0.25) is 0 Å². The molecular weight excluding hydrogens is 352 g/mol. The maximum absolute atomic E-state index is 10.9. The van der Waals surface area contributed by atoms with Crippen LogP contribution in [-0.2, 0) is 10.8 Å². The summed E-state index contributed by atoms with van der Waals surface area (Å²) in [6.07, 6.45) is 0. The summed E-state index contributed by atoms with van der Waals surface area (Å²) in [6, 6.07) is 11.1. The molecule has 0 bridgehead atoms. The van der Waals surface area contributed by atoms with E-state index < -0.39 is 11.9 Å². The number of rotatable bonds is 2. The summed E-state index contributed by atoms with van der Waals surface area (Å²) < 4.78 is 0. The molecule has 2 rings (SSSR count). The van der Waals surface area contributed by atoms with E-state index in [1.807, 2.05) is 38.1 Å². The van der Waals surface area contributed by atoms with Gasteiger partial charge in [-0.2, -0.15) is 0 Å². The van der Waals surface area contributed by atoms with Gasteiger partial charge in [0.1, 0.15) is 0 Å². The Balaban J connectivity index is 0.000000280. The fraction of sp³-hybridized carbons (Fsp3) is 0.417. The molecule has 2 aromatic carbocycles. The largest absolute Gasteiger partial charge is 0.478 e. The predicted octanol–water partition coefficient (Wildman–Crippen LogP) is 5.98. The molecule has 28 heavy (non-hydrogen) atoms. The van der Waals surface area contributed by atoms with Gasteiger partial charge in [0.05, 0.1) is 11.1 Å². The van der Waals surface area contributed by atoms with E-state index in [4.69, 9.17) is 10.2 Å². The molecule has 0 heterocycles. The molecule has 152 valence electrons. The van der Waals surface area contributed by atoms with Gasteiger partial charge in [0.15, 0.2) is 0 Å². The van der Waals surface area contributed by atoms with Crippen LogP contribution in [0.25, 0.3) is 0 Å². The minimum Gasteiger partial charge on any atom is -0.478 e. The molecule has 2 N–H and O–H groups in total. The Kier molecular flexibility index (Phi) is 7.19. The van der Waals surface area contributed by atoms with Crippen LogP contribution >= 0.6 is 0 Å². The quantitative estimate of drug-likeness (QED) is 0.668. The standard InChI is InChI=1S/2C12H16O2/c1-8-7-9(12(2,3)4)5-6-10(8)11(13)14;1-8-5-6-9(12(2,3)4)7-10(8)11(13)14/h2*5-7H,1-4H3,(H,13,14). The number of aryl methyl sites for hydroxylation is 2. The smallest absolute Gasteiger partial charge is 0.335 e. The van der Waals surface area contributed by atoms with Crippen molar-refractivity contribution >= 4 is 11.9 Å². The van der Waals surface area contributed by atoms with Gasteiger partial charge in [0, 0.05) is 0 Å². The Morgan fingerprint density at radius 1 is 0.643 bits per heavy atom. The monoisotopic (exact) mass is 384 g/mol. The van der Waals surface area contributed by atoms with Crippen LogP contribution in [0.5, 0.6) is 0 Å². The van der Waals surface area contributed by atoms with Crippen molar-refractivity contribution < 1.29 is 19.8 Å². The van der Waals surface area contributed by atoms with Crippen molar-refractivity contribution in [2.45, 2.75) is 66.2 Å². The lowest BCUT2D eigenvalue weighted by Gasteiger charge is -2.19. The van der Waals surface area contributed by atoms with Gasteiger partial charge in [-0.05, 0) is 59.1 Å². The summed E-state index contributed by atoms with van der Waals surface area (Å²) in [7, 11) is 0. The summed E-state index contributed by atoms with van der Waals surface area (Å²) in [4.78, 5) is 21.7. The van der Waals surface area contributed by atoms with E-state index >= 15 is 0 Å². The third-order valence-electron chi connectivity index (χ3n) is 4.66. The first-order chi connectivity index (χ1) is 12.6. The number of benzene rings is 2. The van der Waals surface area contributed by atoms with Crippen LogP contribution < -0.4 is 0 Å². The van der Waals surface area contributed by atoms with Crippen LogP contribution in [0.15, 0.2) is 36.4 Å². The number of carboxylic acid groups (broad SMARTS) is 2. The number of carboxylic acids is 2. The minimum absolute atomic E-state index is 0.00208. The maximum atomic E-state index is 10.9. The number of carbonyl (C=O) groups is 2. The summed E-state index contributed by atoms with van der Waals surface area (Å²) in [5.41, 5.74) is 4.71. The molecule has 0 atom stereocenters. The molecule has 0 aromatic heterocycles. The first-order valence-corrected chi connectivity index (χ1v) is 9.33. The van der Waals surface area contributed by atoms with Gasteiger partial charge in [-0.1, -0.05) is 65.8 Å². The van der Waals surface area contributed by atoms with E-state index in [0.717, 1.165) is 16.7 Å². The summed E-state index contributed by atoms with van der Waals surface area (Å²) in [6.45, 7) is 16.2. The van der Waals surface area contributed by atoms with Gasteiger partial charge in [-0.15, -0.1) is 0 Å². The second-order valence-corrected chi connectivity index (χ2v) is 9.17. The molecule has 0 saturated heterocycles. The zero-order valence-corrected chi connectivity index (χ0v) is 18.2. The molecule has 0 saturated carbocycles. The van der Waals surface area contributed by atoms with Gasteiger partial charge in [-0.3, -0.25) is 0 Å². The third-order valence-corrected chi connectivity index (χ3v) is 4.66. The Hall–Kier alpha value is -2.62. The Morgan fingerprint density at radius 3 is 1.46 bits per heavy atom. The summed E-state index contributed by atoms with van der Waals surface area (Å²) >= 11 is 0. The molecule has 0 aliphatic heterocycles. The molecule has 0 spiro atoms. The van der Waals surface area contributed by atoms with Crippen molar-refractivity contribution in [3.8, 4) is 0 Å². The van der Waals surface area contributed by atoms with Crippen molar-refractivity contribution in [1.29, 1.82) is 0 Å². The van der Waals surface area contributed by atoms with Crippen LogP contribution in [0.1, 0.15) is 84.5 Å². The first-order valence-electron chi connectivity index (χ1n) is 9.33. The summed E-state index contributed by atoms with van der Waals surface area (Å²) in [5.74, 6) is -1.71. The van der Waals surface area contributed by atoms with E-state index in [-0.39, 0.29) is 10.8 Å². The number of hydrogen-bond donors (Lipinski definition) is 2. The highest BCUT2D eigenvalue weighted by Crippen LogP contribution is 2.25. The van der Waals surface area contributed by atoms with Crippen molar-refractivity contribution in [3.63, 3.8) is 0 Å². The lowest BCUT2D eigenvalue weighted by Crippen LogP contribution is -2.13. The van der Waals surface area contributed by atoms with E-state index in [0.29, 0.717) is 11.1 Å². The average molecular weight is 385 g/mol. The van der Waals surface area contributed by atoms with Crippen molar-refractivity contribution in [2.24, 2.45) is 0 Å². The topological polar surface area (TPSA) is 74.6 Å². The SMILES string of the molecule is Cc1cc(C(C)(C)C)ccc1C(=O)O.Cc1ccc(C(C)(C)C)cc1C(=O)O. The molecule has 2 aromatic rings. The van der Waals surface area contributed by atoms with Gasteiger partial charge in [-0.25, -0.2) is 9.59 Å². The van der Waals surface area contributed by atoms with Crippen molar-refractivity contribution in [3.05, 3.63) is 69.8 Å². The normalized spacial score (nSPS) is 11.4.